The maximum absolute atomic E-state index is 13.0. The Morgan fingerprint density at radius 2 is 1.90 bits per heavy atom. The highest BCUT2D eigenvalue weighted by Crippen LogP contribution is 2.40. The van der Waals surface area contributed by atoms with Crippen LogP contribution >= 0.6 is 0 Å². The Morgan fingerprint density at radius 1 is 1.10 bits per heavy atom. The molecular formula is C25H30N2O2. The van der Waals surface area contributed by atoms with Crippen molar-refractivity contribution in [2.75, 3.05) is 0 Å². The maximum Gasteiger partial charge on any atom is 0.328 e. The van der Waals surface area contributed by atoms with Crippen molar-refractivity contribution in [2.24, 2.45) is 18.9 Å². The lowest BCUT2D eigenvalue weighted by atomic mass is 9.72. The van der Waals surface area contributed by atoms with Gasteiger partial charge in [-0.05, 0) is 62.3 Å². The molecule has 2 aliphatic carbocycles. The monoisotopic (exact) mass is 390 g/mol. The summed E-state index contributed by atoms with van der Waals surface area (Å²) in [6.07, 6.45) is 14.9. The van der Waals surface area contributed by atoms with E-state index >= 15 is 0 Å². The van der Waals surface area contributed by atoms with Crippen LogP contribution in [0.25, 0.3) is 0 Å². The van der Waals surface area contributed by atoms with Crippen molar-refractivity contribution in [3.63, 3.8) is 0 Å². The number of nitrogens with zero attached hydrogens (tertiary/aromatic N) is 1. The third-order valence-electron chi connectivity index (χ3n) is 6.70. The largest absolute Gasteiger partial charge is 0.328 e. The molecule has 1 unspecified atom stereocenters. The molecule has 4 nitrogen and oxygen atoms in total. The predicted octanol–water partition coefficient (Wildman–Crippen LogP) is 4.38. The summed E-state index contributed by atoms with van der Waals surface area (Å²) in [5.41, 5.74) is 3.45. The van der Waals surface area contributed by atoms with Gasteiger partial charge >= 0.3 is 5.69 Å². The number of rotatable bonds is 4. The molecule has 0 amide bonds. The van der Waals surface area contributed by atoms with Crippen molar-refractivity contribution < 1.29 is 0 Å². The molecule has 1 heterocycles. The van der Waals surface area contributed by atoms with Crippen LogP contribution < -0.4 is 11.2 Å². The Hall–Kier alpha value is -2.62. The molecule has 0 saturated heterocycles. The number of hydrogen-bond acceptors (Lipinski definition) is 2. The first-order valence-corrected chi connectivity index (χ1v) is 10.7. The van der Waals surface area contributed by atoms with E-state index in [1.807, 2.05) is 6.07 Å². The summed E-state index contributed by atoms with van der Waals surface area (Å²) < 4.78 is 1.21. The molecule has 4 heteroatoms. The van der Waals surface area contributed by atoms with Crippen LogP contribution in [0.5, 0.6) is 0 Å². The van der Waals surface area contributed by atoms with Crippen LogP contribution in [0.15, 0.2) is 58.2 Å². The quantitative estimate of drug-likeness (QED) is 0.842. The van der Waals surface area contributed by atoms with Gasteiger partial charge in [-0.1, -0.05) is 54.1 Å². The smallest absolute Gasteiger partial charge is 0.310 e. The van der Waals surface area contributed by atoms with Crippen molar-refractivity contribution in [3.05, 3.63) is 91.8 Å². The molecule has 4 rings (SSSR count). The van der Waals surface area contributed by atoms with Crippen molar-refractivity contribution >= 4 is 0 Å². The summed E-state index contributed by atoms with van der Waals surface area (Å²) in [5.74, 6) is 1.59. The molecular weight excluding hydrogens is 360 g/mol. The lowest BCUT2D eigenvalue weighted by molar-refractivity contribution is 0.262. The lowest BCUT2D eigenvalue weighted by Gasteiger charge is -2.33. The molecule has 0 bridgehead atoms. The van der Waals surface area contributed by atoms with E-state index in [1.54, 1.807) is 7.05 Å². The number of aryl methyl sites for hydroxylation is 1. The first-order chi connectivity index (χ1) is 14.0. The fraction of sp³-hybridized carbons (Fsp3) is 0.440. The molecule has 1 fully saturated rings. The van der Waals surface area contributed by atoms with Crippen LogP contribution in [0.3, 0.4) is 0 Å². The Labute approximate surface area is 172 Å². The highest BCUT2D eigenvalue weighted by molar-refractivity contribution is 5.31. The van der Waals surface area contributed by atoms with Gasteiger partial charge in [-0.3, -0.25) is 9.36 Å². The minimum atomic E-state index is -0.305. The van der Waals surface area contributed by atoms with Crippen LogP contribution in [0.2, 0.25) is 0 Å². The van der Waals surface area contributed by atoms with E-state index in [0.29, 0.717) is 18.3 Å². The van der Waals surface area contributed by atoms with Gasteiger partial charge < -0.3 is 4.98 Å². The average molecular weight is 391 g/mol. The zero-order valence-corrected chi connectivity index (χ0v) is 17.4. The molecule has 29 heavy (non-hydrogen) atoms. The maximum atomic E-state index is 13.0. The van der Waals surface area contributed by atoms with Crippen molar-refractivity contribution in [1.82, 2.24) is 9.55 Å². The second-order valence-electron chi connectivity index (χ2n) is 8.68. The number of allylic oxidation sites excluding steroid dienone is 4. The van der Waals surface area contributed by atoms with Gasteiger partial charge in [0.1, 0.15) is 0 Å². The van der Waals surface area contributed by atoms with Crippen molar-refractivity contribution in [2.45, 2.75) is 51.4 Å². The van der Waals surface area contributed by atoms with Crippen LogP contribution in [-0.4, -0.2) is 9.55 Å². The Bertz CT molecular complexity index is 1050. The fourth-order valence-electron chi connectivity index (χ4n) is 5.02. The van der Waals surface area contributed by atoms with E-state index in [4.69, 9.17) is 0 Å². The molecule has 2 aromatic rings. The molecule has 1 aromatic heterocycles. The summed E-state index contributed by atoms with van der Waals surface area (Å²) in [4.78, 5) is 28.4. The van der Waals surface area contributed by atoms with Crippen LogP contribution in [0.4, 0.5) is 0 Å². The normalized spacial score (nSPS) is 24.0. The molecule has 1 atom stereocenters. The van der Waals surface area contributed by atoms with Crippen molar-refractivity contribution in [1.29, 1.82) is 0 Å². The number of benzene rings is 1. The Kier molecular flexibility index (Phi) is 5.70. The Balaban J connectivity index is 1.60. The molecule has 1 N–H and O–H groups in total. The van der Waals surface area contributed by atoms with Gasteiger partial charge in [-0.2, -0.15) is 0 Å². The second kappa shape index (κ2) is 8.40. The molecule has 152 valence electrons. The van der Waals surface area contributed by atoms with Crippen LogP contribution in [0, 0.1) is 18.8 Å². The van der Waals surface area contributed by atoms with E-state index in [-0.39, 0.29) is 17.2 Å². The van der Waals surface area contributed by atoms with Gasteiger partial charge in [-0.15, -0.1) is 0 Å². The van der Waals surface area contributed by atoms with E-state index in [0.717, 1.165) is 48.9 Å². The number of aromatic nitrogens is 2. The highest BCUT2D eigenvalue weighted by Gasteiger charge is 2.29. The molecule has 1 aromatic carbocycles. The summed E-state index contributed by atoms with van der Waals surface area (Å²) in [6.45, 7) is 2.06. The zero-order chi connectivity index (χ0) is 20.4. The first kappa shape index (κ1) is 19.7. The van der Waals surface area contributed by atoms with E-state index in [2.05, 4.69) is 54.4 Å². The van der Waals surface area contributed by atoms with Crippen LogP contribution in [0.1, 0.15) is 60.4 Å². The molecule has 0 aliphatic heterocycles. The molecule has 0 radical (unpaired) electrons. The van der Waals surface area contributed by atoms with Gasteiger partial charge in [0.15, 0.2) is 0 Å². The number of nitrogens with one attached hydrogen (secondary N) is 1. The van der Waals surface area contributed by atoms with Crippen LogP contribution in [-0.2, 0) is 13.5 Å². The van der Waals surface area contributed by atoms with E-state index in [1.165, 1.54) is 10.1 Å². The number of hydrogen-bond donors (Lipinski definition) is 1. The van der Waals surface area contributed by atoms with E-state index in [9.17, 15) is 9.59 Å². The van der Waals surface area contributed by atoms with Gasteiger partial charge in [0.2, 0.25) is 0 Å². The Morgan fingerprint density at radius 3 is 2.59 bits per heavy atom. The SMILES string of the molecule is Cc1cccc(Cc2c(C3CCC(C4C=CC=CC4)CC3)[nH]c(=O)n(C)c2=O)c1. The summed E-state index contributed by atoms with van der Waals surface area (Å²) in [5, 5.41) is 0. The summed E-state index contributed by atoms with van der Waals surface area (Å²) in [7, 11) is 1.56. The minimum absolute atomic E-state index is 0.160. The van der Waals surface area contributed by atoms with Gasteiger partial charge in [0, 0.05) is 24.7 Å². The van der Waals surface area contributed by atoms with E-state index < -0.39 is 0 Å². The molecule has 1 saturated carbocycles. The average Bonchev–Trinajstić information content (AvgIpc) is 2.75. The van der Waals surface area contributed by atoms with Crippen molar-refractivity contribution in [3.8, 4) is 0 Å². The first-order valence-electron chi connectivity index (χ1n) is 10.7. The number of aromatic amines is 1. The number of H-pyrrole nitrogens is 1. The predicted molar refractivity (Wildman–Crippen MR) is 117 cm³/mol. The molecule has 0 spiro atoms. The van der Waals surface area contributed by atoms with Gasteiger partial charge in [0.05, 0.1) is 0 Å². The highest BCUT2D eigenvalue weighted by atomic mass is 16.2. The fourth-order valence-corrected chi connectivity index (χ4v) is 5.02. The topological polar surface area (TPSA) is 54.9 Å². The van der Waals surface area contributed by atoms with Gasteiger partial charge in [-0.25, -0.2) is 4.79 Å². The summed E-state index contributed by atoms with van der Waals surface area (Å²) >= 11 is 0. The van der Waals surface area contributed by atoms with Gasteiger partial charge in [0.25, 0.3) is 5.56 Å². The standard InChI is InChI=1S/C25H30N2O2/c1-17-7-6-8-18(15-17)16-22-23(26-25(29)27(2)24(22)28)21-13-11-20(12-14-21)19-9-4-3-5-10-19/h3-9,15,19-21H,10-14,16H2,1-2H3,(H,26,29). The second-order valence-corrected chi connectivity index (χ2v) is 8.68. The third-order valence-corrected chi connectivity index (χ3v) is 6.70. The zero-order valence-electron chi connectivity index (χ0n) is 17.4. The lowest BCUT2D eigenvalue weighted by Crippen LogP contribution is -2.38. The third kappa shape index (κ3) is 4.21. The minimum Gasteiger partial charge on any atom is -0.310 e. The molecule has 2 aliphatic rings. The summed E-state index contributed by atoms with van der Waals surface area (Å²) in [6, 6.07) is 8.26.